The smallest absolute Gasteiger partial charge is 0.246 e. The van der Waals surface area contributed by atoms with E-state index in [0.717, 1.165) is 145 Å². The Morgan fingerprint density at radius 3 is 1.18 bits per heavy atom. The third-order valence-corrected chi connectivity index (χ3v) is 18.7. The molecule has 0 aliphatic carbocycles. The van der Waals surface area contributed by atoms with Crippen molar-refractivity contribution < 1.29 is 23.5 Å². The van der Waals surface area contributed by atoms with Crippen LogP contribution in [0.2, 0.25) is 0 Å². The van der Waals surface area contributed by atoms with Gasteiger partial charge in [-0.3, -0.25) is 43.4 Å². The number of halogens is 1. The highest BCUT2D eigenvalue weighted by Crippen LogP contribution is 2.37. The summed E-state index contributed by atoms with van der Waals surface area (Å²) in [7, 11) is 0. The molecule has 3 amide bonds. The SMILES string of the molecule is C=CC(=O)N1CCCC(n2nc(-c3ccc(C(=C)c4ccccc4)cc3)c3cnccc32)C1.C=CC(=O)N1CCCC(n2nc(-c3ccc(C(=C)c4ccccc4)cc3)c3cnccc32)C1.C=CC(=O)N1CC[C@@H](n2nc(-c3ccc(OCc4ccccc4F)cc3)c3cnccc32)C1. The molecular formula is C82H75FN12O4. The lowest BCUT2D eigenvalue weighted by atomic mass is 9.98. The highest BCUT2D eigenvalue weighted by atomic mass is 19.1. The number of rotatable bonds is 16. The predicted molar refractivity (Wildman–Crippen MR) is 389 cm³/mol. The van der Waals surface area contributed by atoms with Crippen LogP contribution in [-0.4, -0.2) is 116 Å². The number of piperidine rings is 2. The Morgan fingerprint density at radius 1 is 0.434 bits per heavy atom. The molecule has 3 atom stereocenters. The van der Waals surface area contributed by atoms with Crippen LogP contribution >= 0.6 is 0 Å². The van der Waals surface area contributed by atoms with Gasteiger partial charge in [0.2, 0.25) is 17.7 Å². The number of carbonyl (C=O) groups excluding carboxylic acids is 3. The van der Waals surface area contributed by atoms with E-state index < -0.39 is 0 Å². The summed E-state index contributed by atoms with van der Waals surface area (Å²) in [4.78, 5) is 54.9. The molecule has 12 aromatic rings. The Morgan fingerprint density at radius 2 is 0.788 bits per heavy atom. The minimum absolute atomic E-state index is 0.0210. The number of likely N-dealkylation sites (tertiary alicyclic amines) is 3. The molecule has 0 saturated carbocycles. The number of carbonyl (C=O) groups is 3. The van der Waals surface area contributed by atoms with Crippen LogP contribution in [0.1, 0.15) is 78.0 Å². The van der Waals surface area contributed by atoms with Crippen molar-refractivity contribution in [3.8, 4) is 39.5 Å². The van der Waals surface area contributed by atoms with Crippen molar-refractivity contribution in [2.75, 3.05) is 39.3 Å². The molecule has 15 rings (SSSR count). The second-order valence-corrected chi connectivity index (χ2v) is 24.8. The largest absolute Gasteiger partial charge is 0.489 e. The van der Waals surface area contributed by atoms with Gasteiger partial charge in [-0.1, -0.05) is 160 Å². The number of hydrogen-bond acceptors (Lipinski definition) is 10. The Hall–Kier alpha value is -12.0. The van der Waals surface area contributed by atoms with Crippen LogP contribution in [0.4, 0.5) is 4.39 Å². The monoisotopic (exact) mass is 1310 g/mol. The first-order chi connectivity index (χ1) is 48.4. The van der Waals surface area contributed by atoms with Gasteiger partial charge in [0.15, 0.2) is 0 Å². The summed E-state index contributed by atoms with van der Waals surface area (Å²) in [6, 6.07) is 57.6. The molecule has 17 heteroatoms. The maximum Gasteiger partial charge on any atom is 0.246 e. The Bertz CT molecular complexity index is 4740. The average Bonchev–Trinajstić information content (AvgIpc) is 1.66. The Balaban J connectivity index is 0.000000133. The standard InChI is InChI=1S/2C28H26N4O.C26H23FN4O2/c2*1-3-27(33)31-17-7-10-24(19-31)32-26-15-16-29-18-25(26)28(30-32)23-13-11-22(12-14-23)20(2)21-8-5-4-6-9-21;1-2-25(32)30-14-12-20(16-30)31-24-11-13-28-15-22(24)26(29-31)18-7-9-21(10-8-18)33-17-19-5-3-4-6-23(19)27/h2*3-6,8-9,11-16,18,24H,1-2,7,10,17,19H2;2-11,13,15,20H,1,12,14,16-17H2/t;;20-/m..1/s1. The van der Waals surface area contributed by atoms with E-state index in [-0.39, 0.29) is 48.3 Å². The van der Waals surface area contributed by atoms with E-state index in [0.29, 0.717) is 37.5 Å². The summed E-state index contributed by atoms with van der Waals surface area (Å²) in [6.07, 6.45) is 19.8. The average molecular weight is 1310 g/mol. The topological polar surface area (TPSA) is 162 Å². The first-order valence-electron chi connectivity index (χ1n) is 33.3. The number of hydrogen-bond donors (Lipinski definition) is 0. The van der Waals surface area contributed by atoms with Gasteiger partial charge in [-0.05, 0) is 132 Å². The van der Waals surface area contributed by atoms with E-state index in [2.05, 4.69) is 130 Å². The zero-order chi connectivity index (χ0) is 68.4. The molecule has 0 bridgehead atoms. The first-order valence-corrected chi connectivity index (χ1v) is 33.3. The molecule has 16 nitrogen and oxygen atoms in total. The first kappa shape index (κ1) is 65.7. The summed E-state index contributed by atoms with van der Waals surface area (Å²) < 4.78 is 25.7. The summed E-state index contributed by atoms with van der Waals surface area (Å²) in [5.41, 5.74) is 15.6. The quantitative estimate of drug-likeness (QED) is 0.0851. The van der Waals surface area contributed by atoms with Crippen LogP contribution in [0, 0.1) is 5.82 Å². The van der Waals surface area contributed by atoms with Crippen molar-refractivity contribution in [3.63, 3.8) is 0 Å². The van der Waals surface area contributed by atoms with Gasteiger partial charge in [0.25, 0.3) is 0 Å². The third-order valence-electron chi connectivity index (χ3n) is 18.7. The number of amides is 3. The molecule has 3 aliphatic rings. The number of benzene rings is 6. The second-order valence-electron chi connectivity index (χ2n) is 24.8. The van der Waals surface area contributed by atoms with E-state index in [9.17, 15) is 18.8 Å². The van der Waals surface area contributed by atoms with Crippen molar-refractivity contribution in [1.29, 1.82) is 0 Å². The lowest BCUT2D eigenvalue weighted by Gasteiger charge is -2.32. The van der Waals surface area contributed by atoms with E-state index in [1.807, 2.05) is 112 Å². The summed E-state index contributed by atoms with van der Waals surface area (Å²) >= 11 is 0. The molecule has 0 radical (unpaired) electrons. The molecule has 6 aromatic heterocycles. The Kier molecular flexibility index (Phi) is 19.9. The fourth-order valence-corrected chi connectivity index (χ4v) is 13.4. The molecule has 0 N–H and O–H groups in total. The zero-order valence-corrected chi connectivity index (χ0v) is 55.1. The third kappa shape index (κ3) is 14.3. The number of nitrogens with zero attached hydrogens (tertiary/aromatic N) is 12. The van der Waals surface area contributed by atoms with Gasteiger partial charge in [-0.2, -0.15) is 15.3 Å². The van der Waals surface area contributed by atoms with Gasteiger partial charge in [-0.15, -0.1) is 0 Å². The predicted octanol–water partition coefficient (Wildman–Crippen LogP) is 15.8. The lowest BCUT2D eigenvalue weighted by molar-refractivity contribution is -0.128. The van der Waals surface area contributed by atoms with E-state index >= 15 is 0 Å². The number of fused-ring (bicyclic) bond motifs is 3. The number of pyridine rings is 3. The summed E-state index contributed by atoms with van der Waals surface area (Å²) in [5.74, 6) is 0.276. The molecule has 3 aliphatic heterocycles. The second kappa shape index (κ2) is 30.0. The maximum atomic E-state index is 13.8. The number of ether oxygens (including phenoxy) is 1. The fraction of sp³-hybridized carbons (Fsp3) is 0.183. The number of aromatic nitrogens is 9. The molecule has 3 saturated heterocycles. The van der Waals surface area contributed by atoms with Gasteiger partial charge in [0.05, 0.1) is 34.7 Å². The maximum absolute atomic E-state index is 13.8. The molecule has 0 spiro atoms. The van der Waals surface area contributed by atoms with Crippen molar-refractivity contribution in [1.82, 2.24) is 59.0 Å². The zero-order valence-electron chi connectivity index (χ0n) is 55.1. The van der Waals surface area contributed by atoms with Crippen LogP contribution in [0.3, 0.4) is 0 Å². The van der Waals surface area contributed by atoms with Crippen molar-refractivity contribution in [3.05, 3.63) is 298 Å². The van der Waals surface area contributed by atoms with Gasteiger partial charge >= 0.3 is 0 Å². The lowest BCUT2D eigenvalue weighted by Crippen LogP contribution is -2.40. The molecule has 9 heterocycles. The fourth-order valence-electron chi connectivity index (χ4n) is 13.4. The van der Waals surface area contributed by atoms with Gasteiger partial charge in [-0.25, -0.2) is 4.39 Å². The van der Waals surface area contributed by atoms with Gasteiger partial charge < -0.3 is 19.4 Å². The molecular weight excluding hydrogens is 1240 g/mol. The van der Waals surface area contributed by atoms with Crippen molar-refractivity contribution >= 4 is 61.6 Å². The Labute approximate surface area is 574 Å². The van der Waals surface area contributed by atoms with Crippen molar-refractivity contribution in [2.24, 2.45) is 0 Å². The molecule has 3 fully saturated rings. The summed E-state index contributed by atoms with van der Waals surface area (Å²) in [5, 5.41) is 17.9. The molecule has 2 unspecified atom stereocenters. The minimum Gasteiger partial charge on any atom is -0.489 e. The van der Waals surface area contributed by atoms with E-state index in [1.54, 1.807) is 41.7 Å². The van der Waals surface area contributed by atoms with E-state index in [1.165, 1.54) is 24.3 Å². The van der Waals surface area contributed by atoms with Crippen LogP contribution < -0.4 is 4.74 Å². The molecule has 99 heavy (non-hydrogen) atoms. The van der Waals surface area contributed by atoms with Crippen LogP contribution in [0.25, 0.3) is 77.6 Å². The molecule has 494 valence electrons. The van der Waals surface area contributed by atoms with Crippen LogP contribution in [0.5, 0.6) is 5.75 Å². The van der Waals surface area contributed by atoms with Gasteiger partial charge in [0.1, 0.15) is 35.3 Å². The highest BCUT2D eigenvalue weighted by molar-refractivity contribution is 5.96. The van der Waals surface area contributed by atoms with Crippen LogP contribution in [0.15, 0.2) is 264 Å². The minimum atomic E-state index is -0.279. The van der Waals surface area contributed by atoms with Crippen molar-refractivity contribution in [2.45, 2.75) is 56.8 Å². The van der Waals surface area contributed by atoms with Crippen LogP contribution in [-0.2, 0) is 21.0 Å². The normalized spacial score (nSPS) is 15.9. The molecule has 6 aromatic carbocycles. The van der Waals surface area contributed by atoms with Gasteiger partial charge in [0, 0.05) is 115 Å². The summed E-state index contributed by atoms with van der Waals surface area (Å²) in [6.45, 7) is 23.7. The van der Waals surface area contributed by atoms with E-state index in [4.69, 9.17) is 20.0 Å². The highest BCUT2D eigenvalue weighted by Gasteiger charge is 2.31.